The molecule has 2 saturated heterocycles. The predicted molar refractivity (Wildman–Crippen MR) is 105 cm³/mol. The zero-order valence-corrected chi connectivity index (χ0v) is 19.4. The lowest BCUT2D eigenvalue weighted by Crippen LogP contribution is -2.54. The van der Waals surface area contributed by atoms with E-state index in [1.807, 2.05) is 13.8 Å². The van der Waals surface area contributed by atoms with E-state index in [0.717, 1.165) is 0 Å². The van der Waals surface area contributed by atoms with Crippen LogP contribution in [0.1, 0.15) is 41.0 Å². The van der Waals surface area contributed by atoms with E-state index in [2.05, 4.69) is 56.5 Å². The van der Waals surface area contributed by atoms with E-state index < -0.39 is 24.7 Å². The minimum atomic E-state index is -2.14. The highest BCUT2D eigenvalue weighted by atomic mass is 127. The second-order valence-corrected chi connectivity index (χ2v) is 15.2. The molecule has 7 heteroatoms. The van der Waals surface area contributed by atoms with Crippen molar-refractivity contribution >= 4 is 42.8 Å². The van der Waals surface area contributed by atoms with Crippen molar-refractivity contribution in [3.8, 4) is 0 Å². The molecule has 0 aromatic heterocycles. The van der Waals surface area contributed by atoms with E-state index in [1.54, 1.807) is 0 Å². The molecule has 0 aromatic rings. The summed E-state index contributed by atoms with van der Waals surface area (Å²) in [7, 11) is -2.14. The van der Waals surface area contributed by atoms with Crippen molar-refractivity contribution in [2.75, 3.05) is 11.0 Å². The van der Waals surface area contributed by atoms with Gasteiger partial charge in [0.1, 0.15) is 17.6 Å². The highest BCUT2D eigenvalue weighted by molar-refractivity contribution is 14.1. The van der Waals surface area contributed by atoms with Gasteiger partial charge in [-0.15, -0.1) is 0 Å². The first-order valence-electron chi connectivity index (χ1n) is 8.90. The van der Waals surface area contributed by atoms with Crippen molar-refractivity contribution in [1.82, 2.24) is 0 Å². The lowest BCUT2D eigenvalue weighted by Gasteiger charge is -2.43. The summed E-state index contributed by atoms with van der Waals surface area (Å²) in [6.07, 6.45) is -0.0320. The summed E-state index contributed by atoms with van der Waals surface area (Å²) in [4.78, 5) is 25.1. The van der Waals surface area contributed by atoms with E-state index in [-0.39, 0.29) is 35.6 Å². The fourth-order valence-electron chi connectivity index (χ4n) is 4.64. The molecule has 2 aliphatic heterocycles. The summed E-state index contributed by atoms with van der Waals surface area (Å²) in [6.45, 7) is 15.2. The molecule has 0 unspecified atom stereocenters. The molecule has 142 valence electrons. The molecule has 1 saturated carbocycles. The van der Waals surface area contributed by atoms with Crippen molar-refractivity contribution in [2.24, 2.45) is 16.7 Å². The number of carbonyl (C=O) groups is 2. The number of hydrogen-bond acceptors (Lipinski definition) is 5. The molecular weight excluding hydrogens is 451 g/mol. The van der Waals surface area contributed by atoms with E-state index in [1.165, 1.54) is 0 Å². The number of carbonyl (C=O) groups excluding carboxylic acids is 2. The molecule has 3 fully saturated rings. The lowest BCUT2D eigenvalue weighted by atomic mass is 9.64. The highest BCUT2D eigenvalue weighted by Crippen LogP contribution is 2.70. The monoisotopic (exact) mass is 480 g/mol. The van der Waals surface area contributed by atoms with Gasteiger partial charge in [-0.2, -0.15) is 0 Å². The van der Waals surface area contributed by atoms with E-state index in [4.69, 9.17) is 13.9 Å². The molecule has 25 heavy (non-hydrogen) atoms. The molecule has 0 radical (unpaired) electrons. The van der Waals surface area contributed by atoms with Crippen molar-refractivity contribution in [3.63, 3.8) is 0 Å². The second-order valence-electron chi connectivity index (χ2n) is 9.72. The molecule has 0 aromatic carbocycles. The molecule has 1 aliphatic carbocycles. The Morgan fingerprint density at radius 1 is 1.28 bits per heavy atom. The van der Waals surface area contributed by atoms with Crippen molar-refractivity contribution in [3.05, 3.63) is 0 Å². The van der Waals surface area contributed by atoms with Gasteiger partial charge in [-0.05, 0) is 25.1 Å². The second kappa shape index (κ2) is 5.44. The number of cyclic esters (lactones) is 1. The number of rotatable bonds is 3. The Kier molecular flexibility index (Phi) is 4.26. The Balaban J connectivity index is 2.14. The van der Waals surface area contributed by atoms with Crippen LogP contribution in [0.25, 0.3) is 0 Å². The summed E-state index contributed by atoms with van der Waals surface area (Å²) < 4.78 is 18.9. The molecule has 0 N–H and O–H groups in total. The number of ether oxygens (including phenoxy) is 2. The quantitative estimate of drug-likeness (QED) is 0.267. The topological polar surface area (TPSA) is 61.8 Å². The smallest absolute Gasteiger partial charge is 0.315 e. The van der Waals surface area contributed by atoms with Crippen LogP contribution in [0.3, 0.4) is 0 Å². The summed E-state index contributed by atoms with van der Waals surface area (Å²) in [5.74, 6) is -0.504. The van der Waals surface area contributed by atoms with Crippen molar-refractivity contribution < 1.29 is 23.5 Å². The fourth-order valence-corrected chi connectivity index (χ4v) is 7.59. The molecule has 2 heterocycles. The number of halogens is 1. The maximum Gasteiger partial charge on any atom is 0.315 e. The maximum absolute atomic E-state index is 12.9. The van der Waals surface area contributed by atoms with Gasteiger partial charge in [0.2, 0.25) is 0 Å². The Hall–Kier alpha value is -0.153. The predicted octanol–water partition coefficient (Wildman–Crippen LogP) is 3.70. The third-order valence-electron chi connectivity index (χ3n) is 7.64. The Morgan fingerprint density at radius 3 is 2.40 bits per heavy atom. The average Bonchev–Trinajstić information content (AvgIpc) is 2.99. The molecule has 5 nitrogen and oxygen atoms in total. The van der Waals surface area contributed by atoms with Gasteiger partial charge in [0, 0.05) is 10.3 Å². The molecule has 5 atom stereocenters. The van der Waals surface area contributed by atoms with Crippen LogP contribution in [0.15, 0.2) is 0 Å². The highest BCUT2D eigenvalue weighted by Gasteiger charge is 2.82. The van der Waals surface area contributed by atoms with Gasteiger partial charge in [0.25, 0.3) is 0 Å². The van der Waals surface area contributed by atoms with Gasteiger partial charge in [-0.25, -0.2) is 0 Å². The van der Waals surface area contributed by atoms with Crippen molar-refractivity contribution in [2.45, 2.75) is 70.9 Å². The standard InChI is InChI=1S/C18H29IO5Si/c1-15(2,3)25(6,7)24-13-11-8-12(20)23-18(11,9-19)16(4)10-22-14(21)17(13,16)5/h11,13H,8-10H2,1-7H3/t11-,13+,16+,17-,18-/m0/s1. The zero-order chi connectivity index (χ0) is 19.1. The molecular formula is C18H29IO5Si. The zero-order valence-electron chi connectivity index (χ0n) is 16.2. The average molecular weight is 480 g/mol. The number of esters is 2. The summed E-state index contributed by atoms with van der Waals surface area (Å²) >= 11 is 2.28. The summed E-state index contributed by atoms with van der Waals surface area (Å²) in [5, 5.41) is 0.0152. The third-order valence-corrected chi connectivity index (χ3v) is 13.2. The van der Waals surface area contributed by atoms with Gasteiger partial charge in [0.05, 0.1) is 17.9 Å². The van der Waals surface area contributed by atoms with Crippen LogP contribution in [-0.2, 0) is 23.5 Å². The van der Waals surface area contributed by atoms with E-state index >= 15 is 0 Å². The lowest BCUT2D eigenvalue weighted by molar-refractivity contribution is -0.161. The minimum Gasteiger partial charge on any atom is -0.464 e. The SMILES string of the molecule is CC(C)(C)[Si](C)(C)O[C@@H]1[C@@H]2CC(=O)O[C@]2(CI)[C@]2(C)COC(=O)[C@]12C. The number of alkyl halides is 1. The first-order valence-corrected chi connectivity index (χ1v) is 13.3. The third kappa shape index (κ3) is 2.20. The maximum atomic E-state index is 12.9. The van der Waals surface area contributed by atoms with Crippen LogP contribution in [0.4, 0.5) is 0 Å². The minimum absolute atomic E-state index is 0.0152. The van der Waals surface area contributed by atoms with Crippen LogP contribution in [0.2, 0.25) is 18.1 Å². The van der Waals surface area contributed by atoms with Crippen LogP contribution >= 0.6 is 22.6 Å². The van der Waals surface area contributed by atoms with Gasteiger partial charge in [0.15, 0.2) is 8.32 Å². The van der Waals surface area contributed by atoms with Crippen LogP contribution in [-0.4, -0.2) is 43.0 Å². The van der Waals surface area contributed by atoms with E-state index in [9.17, 15) is 9.59 Å². The van der Waals surface area contributed by atoms with Gasteiger partial charge >= 0.3 is 11.9 Å². The molecule has 0 bridgehead atoms. The first kappa shape index (κ1) is 19.6. The molecule has 3 aliphatic rings. The van der Waals surface area contributed by atoms with Crippen LogP contribution in [0, 0.1) is 16.7 Å². The molecule has 0 amide bonds. The van der Waals surface area contributed by atoms with Crippen LogP contribution in [0.5, 0.6) is 0 Å². The molecule has 3 rings (SSSR count). The summed E-state index contributed by atoms with van der Waals surface area (Å²) in [5.41, 5.74) is -2.06. The number of hydrogen-bond donors (Lipinski definition) is 0. The largest absolute Gasteiger partial charge is 0.464 e. The number of fused-ring (bicyclic) bond motifs is 3. The first-order chi connectivity index (χ1) is 11.3. The Bertz CT molecular complexity index is 629. The Labute approximate surface area is 164 Å². The van der Waals surface area contributed by atoms with E-state index in [0.29, 0.717) is 10.8 Å². The van der Waals surface area contributed by atoms with Crippen LogP contribution < -0.4 is 0 Å². The Morgan fingerprint density at radius 2 is 1.88 bits per heavy atom. The normalized spacial score (nSPS) is 43.7. The van der Waals surface area contributed by atoms with Gasteiger partial charge < -0.3 is 13.9 Å². The van der Waals surface area contributed by atoms with Gasteiger partial charge in [-0.3, -0.25) is 9.59 Å². The van der Waals surface area contributed by atoms with Gasteiger partial charge in [-0.1, -0.05) is 50.3 Å². The fraction of sp³-hybridized carbons (Fsp3) is 0.889. The van der Waals surface area contributed by atoms with Crippen molar-refractivity contribution in [1.29, 1.82) is 0 Å². The summed E-state index contributed by atoms with van der Waals surface area (Å²) in [6, 6.07) is 0. The molecule has 0 spiro atoms.